The molecule has 4 nitrogen and oxygen atoms in total. The van der Waals surface area contributed by atoms with Crippen molar-refractivity contribution < 1.29 is 14.6 Å². The van der Waals surface area contributed by atoms with Gasteiger partial charge in [-0.25, -0.2) is 0 Å². The van der Waals surface area contributed by atoms with Gasteiger partial charge in [0.05, 0.1) is 13.7 Å². The number of benzene rings is 1. The highest BCUT2D eigenvalue weighted by molar-refractivity contribution is 7.80. The van der Waals surface area contributed by atoms with Crippen molar-refractivity contribution in [2.24, 2.45) is 5.73 Å². The lowest BCUT2D eigenvalue weighted by Crippen LogP contribution is -2.10. The number of hydrogen-bond donors (Lipinski definition) is 2. The summed E-state index contributed by atoms with van der Waals surface area (Å²) in [6.07, 6.45) is 3.88. The Balaban J connectivity index is 2.48. The molecular weight excluding hydrogens is 262 g/mol. The number of hydrogen-bond acceptors (Lipinski definition) is 4. The molecule has 0 saturated heterocycles. The van der Waals surface area contributed by atoms with Crippen LogP contribution in [0.4, 0.5) is 0 Å². The number of unbranched alkanes of at least 4 members (excludes halogenated alkanes) is 3. The molecule has 3 N–H and O–H groups in total. The van der Waals surface area contributed by atoms with Crippen molar-refractivity contribution in [1.82, 2.24) is 0 Å². The first-order chi connectivity index (χ1) is 9.17. The molecule has 0 spiro atoms. The fourth-order valence-electron chi connectivity index (χ4n) is 1.67. The topological polar surface area (TPSA) is 64.7 Å². The highest BCUT2D eigenvalue weighted by Crippen LogP contribution is 2.23. The van der Waals surface area contributed by atoms with Crippen molar-refractivity contribution in [3.8, 4) is 11.5 Å². The lowest BCUT2D eigenvalue weighted by molar-refractivity contribution is 0.273. The van der Waals surface area contributed by atoms with Gasteiger partial charge in [-0.3, -0.25) is 0 Å². The van der Waals surface area contributed by atoms with Gasteiger partial charge in [-0.2, -0.15) is 0 Å². The van der Waals surface area contributed by atoms with E-state index in [-0.39, 0.29) is 6.61 Å². The second-order valence-electron chi connectivity index (χ2n) is 4.25. The standard InChI is InChI=1S/C14H21NO3S/c1-17-12-8-11(14(15)19)9-13(10-12)18-7-5-3-2-4-6-16/h8-10,16H,2-7H2,1H3,(H2,15,19). The highest BCUT2D eigenvalue weighted by Gasteiger charge is 2.04. The summed E-state index contributed by atoms with van der Waals surface area (Å²) in [7, 11) is 1.59. The summed E-state index contributed by atoms with van der Waals surface area (Å²) >= 11 is 4.96. The van der Waals surface area contributed by atoms with E-state index in [1.165, 1.54) is 0 Å². The Labute approximate surface area is 119 Å². The molecule has 0 heterocycles. The van der Waals surface area contributed by atoms with Crippen LogP contribution in [0.3, 0.4) is 0 Å². The van der Waals surface area contributed by atoms with Crippen LogP contribution in [-0.4, -0.2) is 30.4 Å². The molecule has 0 unspecified atom stereocenters. The Morgan fingerprint density at radius 2 is 1.84 bits per heavy atom. The summed E-state index contributed by atoms with van der Waals surface area (Å²) in [4.78, 5) is 0.326. The molecule has 0 amide bonds. The van der Waals surface area contributed by atoms with E-state index in [0.29, 0.717) is 23.1 Å². The van der Waals surface area contributed by atoms with Gasteiger partial charge < -0.3 is 20.3 Å². The van der Waals surface area contributed by atoms with Gasteiger partial charge >= 0.3 is 0 Å². The Bertz CT molecular complexity index is 410. The van der Waals surface area contributed by atoms with Crippen molar-refractivity contribution >= 4 is 17.2 Å². The molecule has 19 heavy (non-hydrogen) atoms. The van der Waals surface area contributed by atoms with Crippen molar-refractivity contribution in [3.63, 3.8) is 0 Å². The summed E-state index contributed by atoms with van der Waals surface area (Å²) in [5.41, 5.74) is 6.35. The molecule has 106 valence electrons. The van der Waals surface area contributed by atoms with E-state index in [1.54, 1.807) is 13.2 Å². The van der Waals surface area contributed by atoms with Crippen LogP contribution in [0.25, 0.3) is 0 Å². The van der Waals surface area contributed by atoms with Crippen molar-refractivity contribution in [2.45, 2.75) is 25.7 Å². The maximum atomic E-state index is 8.67. The van der Waals surface area contributed by atoms with Crippen LogP contribution in [0.2, 0.25) is 0 Å². The summed E-state index contributed by atoms with van der Waals surface area (Å²) in [6, 6.07) is 5.42. The van der Waals surface area contributed by atoms with Crippen LogP contribution >= 0.6 is 12.2 Å². The van der Waals surface area contributed by atoms with Crippen LogP contribution in [0.5, 0.6) is 11.5 Å². The van der Waals surface area contributed by atoms with E-state index in [4.69, 9.17) is 32.5 Å². The molecule has 0 aromatic heterocycles. The van der Waals surface area contributed by atoms with E-state index < -0.39 is 0 Å². The van der Waals surface area contributed by atoms with Crippen molar-refractivity contribution in [2.75, 3.05) is 20.3 Å². The number of methoxy groups -OCH3 is 1. The van der Waals surface area contributed by atoms with Crippen LogP contribution in [0, 0.1) is 0 Å². The lowest BCUT2D eigenvalue weighted by atomic mass is 10.2. The summed E-state index contributed by atoms with van der Waals surface area (Å²) in [6.45, 7) is 0.892. The lowest BCUT2D eigenvalue weighted by Gasteiger charge is -2.10. The summed E-state index contributed by atoms with van der Waals surface area (Å²) < 4.78 is 10.8. The van der Waals surface area contributed by atoms with Gasteiger partial charge in [-0.05, 0) is 31.4 Å². The van der Waals surface area contributed by atoms with Gasteiger partial charge in [0.1, 0.15) is 16.5 Å². The van der Waals surface area contributed by atoms with E-state index in [1.807, 2.05) is 12.1 Å². The first-order valence-corrected chi connectivity index (χ1v) is 6.80. The molecular formula is C14H21NO3S. The molecule has 5 heteroatoms. The maximum Gasteiger partial charge on any atom is 0.123 e. The van der Waals surface area contributed by atoms with E-state index in [9.17, 15) is 0 Å². The quantitative estimate of drug-likeness (QED) is 0.537. The second kappa shape index (κ2) is 8.72. The highest BCUT2D eigenvalue weighted by atomic mass is 32.1. The second-order valence-corrected chi connectivity index (χ2v) is 4.69. The van der Waals surface area contributed by atoms with Gasteiger partial charge in [0.15, 0.2) is 0 Å². The zero-order valence-electron chi connectivity index (χ0n) is 11.2. The fraction of sp³-hybridized carbons (Fsp3) is 0.500. The molecule has 1 aromatic rings. The number of rotatable bonds is 9. The molecule has 0 aliphatic carbocycles. The Morgan fingerprint density at radius 1 is 1.16 bits per heavy atom. The molecule has 0 aliphatic rings. The van der Waals surface area contributed by atoms with E-state index in [2.05, 4.69) is 0 Å². The molecule has 1 aromatic carbocycles. The van der Waals surface area contributed by atoms with E-state index in [0.717, 1.165) is 31.2 Å². The third kappa shape index (κ3) is 5.89. The Hall–Kier alpha value is -1.33. The van der Waals surface area contributed by atoms with Crippen LogP contribution in [0.15, 0.2) is 18.2 Å². The first kappa shape index (κ1) is 15.7. The zero-order chi connectivity index (χ0) is 14.1. The number of aliphatic hydroxyl groups excluding tert-OH is 1. The third-order valence-electron chi connectivity index (χ3n) is 2.72. The van der Waals surface area contributed by atoms with Crippen LogP contribution in [-0.2, 0) is 0 Å². The zero-order valence-corrected chi connectivity index (χ0v) is 12.0. The molecule has 0 saturated carbocycles. The molecule has 0 radical (unpaired) electrons. The third-order valence-corrected chi connectivity index (χ3v) is 2.96. The average Bonchev–Trinajstić information content (AvgIpc) is 2.42. The minimum Gasteiger partial charge on any atom is -0.497 e. The van der Waals surface area contributed by atoms with Crippen molar-refractivity contribution in [1.29, 1.82) is 0 Å². The predicted octanol–water partition coefficient (Wildman–Crippen LogP) is 2.26. The molecule has 1 rings (SSSR count). The smallest absolute Gasteiger partial charge is 0.123 e. The van der Waals surface area contributed by atoms with E-state index >= 15 is 0 Å². The molecule has 0 aliphatic heterocycles. The molecule has 0 bridgehead atoms. The van der Waals surface area contributed by atoms with Crippen molar-refractivity contribution in [3.05, 3.63) is 23.8 Å². The number of thiocarbonyl (C=S) groups is 1. The van der Waals surface area contributed by atoms with Gasteiger partial charge in [-0.15, -0.1) is 0 Å². The largest absolute Gasteiger partial charge is 0.497 e. The van der Waals surface area contributed by atoms with Crippen LogP contribution < -0.4 is 15.2 Å². The first-order valence-electron chi connectivity index (χ1n) is 6.40. The minimum absolute atomic E-state index is 0.258. The van der Waals surface area contributed by atoms with Gasteiger partial charge in [-0.1, -0.05) is 18.6 Å². The number of ether oxygens (including phenoxy) is 2. The summed E-state index contributed by atoms with van der Waals surface area (Å²) in [5, 5.41) is 8.67. The SMILES string of the molecule is COc1cc(OCCCCCCO)cc(C(N)=S)c1. The Morgan fingerprint density at radius 3 is 2.47 bits per heavy atom. The number of aliphatic hydroxyl groups is 1. The minimum atomic E-state index is 0.258. The predicted molar refractivity (Wildman–Crippen MR) is 79.9 cm³/mol. The monoisotopic (exact) mass is 283 g/mol. The summed E-state index contributed by atoms with van der Waals surface area (Å²) in [5.74, 6) is 1.39. The fourth-order valence-corrected chi connectivity index (χ4v) is 1.79. The maximum absolute atomic E-state index is 8.67. The normalized spacial score (nSPS) is 10.2. The average molecular weight is 283 g/mol. The van der Waals surface area contributed by atoms with Crippen LogP contribution in [0.1, 0.15) is 31.2 Å². The van der Waals surface area contributed by atoms with Gasteiger partial charge in [0.25, 0.3) is 0 Å². The number of nitrogens with two attached hydrogens (primary N) is 1. The Kier molecular flexibility index (Phi) is 7.22. The molecule has 0 fully saturated rings. The van der Waals surface area contributed by atoms with Gasteiger partial charge in [0.2, 0.25) is 0 Å². The van der Waals surface area contributed by atoms with Gasteiger partial charge in [0, 0.05) is 18.2 Å². The molecule has 0 atom stereocenters.